The number of halogens is 1. The van der Waals surface area contributed by atoms with Crippen LogP contribution in [0.1, 0.15) is 5.56 Å². The summed E-state index contributed by atoms with van der Waals surface area (Å²) in [6.45, 7) is 2.92. The Balaban J connectivity index is 1.40. The van der Waals surface area contributed by atoms with E-state index in [0.29, 0.717) is 41.2 Å². The summed E-state index contributed by atoms with van der Waals surface area (Å²) in [5.74, 6) is 0.269. The molecule has 5 aromatic rings. The Labute approximate surface area is 247 Å². The monoisotopic (exact) mass is 600 g/mol. The van der Waals surface area contributed by atoms with Gasteiger partial charge in [-0.3, -0.25) is 9.36 Å². The SMILES string of the molecule is CS(=O)(=O)c1ccccc1Cn1c(=O)c(Oc2ccccc2)cc2cnc(Nc3ccc(N4CCNCC4)c(F)c3)nc21. The molecule has 3 heterocycles. The van der Waals surface area contributed by atoms with E-state index >= 15 is 4.39 Å². The van der Waals surface area contributed by atoms with Crippen LogP contribution in [0.3, 0.4) is 0 Å². The standard InChI is InChI=1S/C31H29FN6O4S/c1-43(40,41)28-10-6-5-7-21(28)20-38-29-22(17-27(30(38)39)42-24-8-3-2-4-9-24)19-34-31(36-29)35-23-11-12-26(25(32)18-23)37-15-13-33-14-16-37/h2-12,17-19,33H,13-16,20H2,1H3,(H,34,35,36). The maximum Gasteiger partial charge on any atom is 0.295 e. The Kier molecular flexibility index (Phi) is 7.78. The summed E-state index contributed by atoms with van der Waals surface area (Å²) in [5, 5.41) is 6.78. The third-order valence-electron chi connectivity index (χ3n) is 7.13. The molecule has 10 nitrogen and oxygen atoms in total. The first-order valence-electron chi connectivity index (χ1n) is 13.7. The molecule has 2 N–H and O–H groups in total. The van der Waals surface area contributed by atoms with Crippen LogP contribution < -0.4 is 25.8 Å². The second-order valence-electron chi connectivity index (χ2n) is 10.2. The van der Waals surface area contributed by atoms with Gasteiger partial charge < -0.3 is 20.3 Å². The number of nitrogens with one attached hydrogen (secondary N) is 2. The number of sulfone groups is 1. The van der Waals surface area contributed by atoms with Crippen LogP contribution in [0.15, 0.2) is 94.7 Å². The van der Waals surface area contributed by atoms with E-state index in [4.69, 9.17) is 4.74 Å². The van der Waals surface area contributed by atoms with Crippen molar-refractivity contribution in [3.05, 3.63) is 107 Å². The number of para-hydroxylation sites is 1. The average molecular weight is 601 g/mol. The van der Waals surface area contributed by atoms with Gasteiger partial charge in [0.15, 0.2) is 15.6 Å². The van der Waals surface area contributed by atoms with E-state index in [0.717, 1.165) is 19.3 Å². The highest BCUT2D eigenvalue weighted by atomic mass is 32.2. The number of pyridine rings is 1. The van der Waals surface area contributed by atoms with Crippen molar-refractivity contribution >= 4 is 38.2 Å². The van der Waals surface area contributed by atoms with Crippen molar-refractivity contribution in [2.75, 3.05) is 42.7 Å². The minimum atomic E-state index is -3.58. The molecule has 0 saturated carbocycles. The van der Waals surface area contributed by atoms with Crippen LogP contribution in [0.25, 0.3) is 11.0 Å². The highest BCUT2D eigenvalue weighted by Gasteiger charge is 2.19. The molecule has 220 valence electrons. The summed E-state index contributed by atoms with van der Waals surface area (Å²) in [4.78, 5) is 24.9. The van der Waals surface area contributed by atoms with Gasteiger partial charge in [0.25, 0.3) is 5.56 Å². The van der Waals surface area contributed by atoms with Crippen molar-refractivity contribution < 1.29 is 17.5 Å². The van der Waals surface area contributed by atoms with Crippen molar-refractivity contribution in [3.63, 3.8) is 0 Å². The molecule has 3 aromatic carbocycles. The molecule has 0 aliphatic carbocycles. The lowest BCUT2D eigenvalue weighted by Gasteiger charge is -2.29. The first-order chi connectivity index (χ1) is 20.8. The van der Waals surface area contributed by atoms with E-state index in [-0.39, 0.29) is 34.6 Å². The summed E-state index contributed by atoms with van der Waals surface area (Å²) in [7, 11) is -3.58. The second kappa shape index (κ2) is 11.8. The van der Waals surface area contributed by atoms with Gasteiger partial charge in [0, 0.05) is 49.7 Å². The Hall–Kier alpha value is -4.81. The van der Waals surface area contributed by atoms with Crippen molar-refractivity contribution in [1.82, 2.24) is 19.9 Å². The number of piperazine rings is 1. The molecule has 0 amide bonds. The molecule has 1 aliphatic rings. The van der Waals surface area contributed by atoms with Crippen LogP contribution in [0, 0.1) is 5.82 Å². The maximum absolute atomic E-state index is 15.1. The number of anilines is 3. The molecule has 12 heteroatoms. The van der Waals surface area contributed by atoms with Gasteiger partial charge in [-0.15, -0.1) is 0 Å². The van der Waals surface area contributed by atoms with E-state index in [9.17, 15) is 13.2 Å². The second-order valence-corrected chi connectivity index (χ2v) is 12.2. The van der Waals surface area contributed by atoms with Gasteiger partial charge in [-0.25, -0.2) is 17.8 Å². The molecule has 0 unspecified atom stereocenters. The number of ether oxygens (including phenoxy) is 1. The lowest BCUT2D eigenvalue weighted by Crippen LogP contribution is -2.43. The van der Waals surface area contributed by atoms with Crippen LogP contribution in [-0.2, 0) is 16.4 Å². The van der Waals surface area contributed by atoms with Crippen LogP contribution in [-0.4, -0.2) is 55.4 Å². The molecule has 0 radical (unpaired) electrons. The van der Waals surface area contributed by atoms with E-state index in [1.54, 1.807) is 60.7 Å². The van der Waals surface area contributed by atoms with Crippen molar-refractivity contribution in [2.45, 2.75) is 11.4 Å². The number of rotatable bonds is 8. The van der Waals surface area contributed by atoms with Gasteiger partial charge in [-0.2, -0.15) is 4.98 Å². The smallest absolute Gasteiger partial charge is 0.295 e. The molecule has 0 spiro atoms. The summed E-state index contributed by atoms with van der Waals surface area (Å²) in [6.07, 6.45) is 2.66. The van der Waals surface area contributed by atoms with Crippen molar-refractivity contribution in [1.29, 1.82) is 0 Å². The van der Waals surface area contributed by atoms with Gasteiger partial charge >= 0.3 is 0 Å². The summed E-state index contributed by atoms with van der Waals surface area (Å²) < 4.78 is 47.4. The first kappa shape index (κ1) is 28.3. The Morgan fingerprint density at radius 1 is 1.00 bits per heavy atom. The van der Waals surface area contributed by atoms with Crippen molar-refractivity contribution in [2.24, 2.45) is 0 Å². The molecule has 6 rings (SSSR count). The van der Waals surface area contributed by atoms with Gasteiger partial charge in [-0.1, -0.05) is 36.4 Å². The minimum Gasteiger partial charge on any atom is -0.452 e. The van der Waals surface area contributed by atoms with E-state index in [1.165, 1.54) is 22.9 Å². The Bertz CT molecular complexity index is 1960. The maximum atomic E-state index is 15.1. The fraction of sp³-hybridized carbons (Fsp3) is 0.194. The fourth-order valence-corrected chi connectivity index (χ4v) is 6.00. The largest absolute Gasteiger partial charge is 0.452 e. The lowest BCUT2D eigenvalue weighted by atomic mass is 10.2. The number of nitrogens with zero attached hydrogens (tertiary/aromatic N) is 4. The zero-order chi connectivity index (χ0) is 30.0. The molecule has 0 bridgehead atoms. The summed E-state index contributed by atoms with van der Waals surface area (Å²) in [5.41, 5.74) is 1.13. The van der Waals surface area contributed by atoms with Crippen LogP contribution in [0.4, 0.5) is 21.7 Å². The number of hydrogen-bond acceptors (Lipinski definition) is 9. The summed E-state index contributed by atoms with van der Waals surface area (Å²) in [6, 6.07) is 21.8. The predicted molar refractivity (Wildman–Crippen MR) is 164 cm³/mol. The number of benzene rings is 3. The van der Waals surface area contributed by atoms with Crippen LogP contribution >= 0.6 is 0 Å². The Morgan fingerprint density at radius 3 is 2.49 bits per heavy atom. The number of aromatic nitrogens is 3. The minimum absolute atomic E-state index is 0.0328. The first-order valence-corrected chi connectivity index (χ1v) is 15.6. The topological polar surface area (TPSA) is 118 Å². The third kappa shape index (κ3) is 6.20. The van der Waals surface area contributed by atoms with E-state index in [2.05, 4.69) is 20.6 Å². The zero-order valence-electron chi connectivity index (χ0n) is 23.3. The molecule has 1 fully saturated rings. The fourth-order valence-electron chi connectivity index (χ4n) is 5.07. The normalized spacial score (nSPS) is 13.7. The van der Waals surface area contributed by atoms with E-state index < -0.39 is 15.4 Å². The van der Waals surface area contributed by atoms with Gasteiger partial charge in [0.2, 0.25) is 5.95 Å². The van der Waals surface area contributed by atoms with E-state index in [1.807, 2.05) is 11.0 Å². The predicted octanol–water partition coefficient (Wildman–Crippen LogP) is 4.33. The van der Waals surface area contributed by atoms with Gasteiger partial charge in [0.05, 0.1) is 17.1 Å². The number of hydrogen-bond donors (Lipinski definition) is 2. The quantitative estimate of drug-likeness (QED) is 0.268. The molecule has 1 saturated heterocycles. The Morgan fingerprint density at radius 2 is 1.74 bits per heavy atom. The van der Waals surface area contributed by atoms with Gasteiger partial charge in [-0.05, 0) is 48.0 Å². The average Bonchev–Trinajstić information content (AvgIpc) is 3.00. The highest BCUT2D eigenvalue weighted by Crippen LogP contribution is 2.27. The number of fused-ring (bicyclic) bond motifs is 1. The van der Waals surface area contributed by atoms with Crippen LogP contribution in [0.2, 0.25) is 0 Å². The molecular formula is C31H29FN6O4S. The molecule has 0 atom stereocenters. The molecule has 2 aromatic heterocycles. The zero-order valence-corrected chi connectivity index (χ0v) is 24.1. The van der Waals surface area contributed by atoms with Crippen LogP contribution in [0.5, 0.6) is 11.5 Å². The molecule has 1 aliphatic heterocycles. The van der Waals surface area contributed by atoms with Gasteiger partial charge in [0.1, 0.15) is 17.2 Å². The molecular weight excluding hydrogens is 571 g/mol. The lowest BCUT2D eigenvalue weighted by molar-refractivity contribution is 0.470. The highest BCUT2D eigenvalue weighted by molar-refractivity contribution is 7.90. The summed E-state index contributed by atoms with van der Waals surface area (Å²) >= 11 is 0. The third-order valence-corrected chi connectivity index (χ3v) is 8.32. The van der Waals surface area contributed by atoms with Crippen molar-refractivity contribution in [3.8, 4) is 11.5 Å². The molecule has 43 heavy (non-hydrogen) atoms.